The number of rotatable bonds is 2. The van der Waals surface area contributed by atoms with Crippen LogP contribution in [0.25, 0.3) is 0 Å². The fraction of sp³-hybridized carbons (Fsp3) is 0.583. The monoisotopic (exact) mass is 233 g/mol. The van der Waals surface area contributed by atoms with Crippen LogP contribution in [0.1, 0.15) is 46.8 Å². The molecule has 0 amide bonds. The van der Waals surface area contributed by atoms with Crippen LogP contribution in [0.15, 0.2) is 0 Å². The third-order valence-electron chi connectivity index (χ3n) is 3.60. The summed E-state index contributed by atoms with van der Waals surface area (Å²) in [5, 5.41) is 12.4. The molecule has 2 atom stereocenters. The molecule has 17 heavy (non-hydrogen) atoms. The van der Waals surface area contributed by atoms with Crippen molar-refractivity contribution >= 4 is 5.97 Å². The van der Waals surface area contributed by atoms with E-state index in [0.29, 0.717) is 24.8 Å². The maximum Gasteiger partial charge on any atom is 0.354 e. The van der Waals surface area contributed by atoms with Crippen molar-refractivity contribution in [2.75, 3.05) is 6.54 Å². The molecule has 3 rings (SSSR count). The number of aromatic nitrogens is 2. The molecule has 2 heterocycles. The first-order valence-electron chi connectivity index (χ1n) is 6.00. The Balaban J connectivity index is 2.08. The molecule has 1 aliphatic carbocycles. The van der Waals surface area contributed by atoms with Crippen molar-refractivity contribution in [2.45, 2.75) is 32.2 Å². The highest BCUT2D eigenvalue weighted by Crippen LogP contribution is 2.45. The van der Waals surface area contributed by atoms with Crippen LogP contribution >= 0.6 is 0 Å². The van der Waals surface area contributed by atoms with E-state index in [4.69, 9.17) is 0 Å². The number of hydrogen-bond donors (Lipinski definition) is 2. The number of carboxylic acid groups (broad SMARTS) is 1. The highest BCUT2D eigenvalue weighted by atomic mass is 16.4. The van der Waals surface area contributed by atoms with Gasteiger partial charge in [-0.05, 0) is 25.3 Å². The van der Waals surface area contributed by atoms with Gasteiger partial charge in [0.25, 0.3) is 0 Å². The first-order chi connectivity index (χ1) is 8.16. The Morgan fingerprint density at radius 3 is 2.88 bits per heavy atom. The quantitative estimate of drug-likeness (QED) is 0.795. The van der Waals surface area contributed by atoms with Crippen LogP contribution in [-0.4, -0.2) is 27.6 Å². The predicted molar refractivity (Wildman–Crippen MR) is 60.9 cm³/mol. The molecule has 2 unspecified atom stereocenters. The molecule has 2 N–H and O–H groups in total. The normalized spacial score (nSPS) is 26.4. The first-order valence-corrected chi connectivity index (χ1v) is 6.00. The van der Waals surface area contributed by atoms with Crippen molar-refractivity contribution < 1.29 is 9.90 Å². The summed E-state index contributed by atoms with van der Waals surface area (Å²) in [5.74, 6) is 0.740. The minimum absolute atomic E-state index is 0.214. The van der Waals surface area contributed by atoms with E-state index >= 15 is 0 Å². The zero-order valence-electron chi connectivity index (χ0n) is 9.73. The molecule has 2 aliphatic rings. The summed E-state index contributed by atoms with van der Waals surface area (Å²) in [7, 11) is 0. The minimum Gasteiger partial charge on any atom is -0.477 e. The largest absolute Gasteiger partial charge is 0.477 e. The minimum atomic E-state index is -0.930. The molecule has 0 radical (unpaired) electrons. The van der Waals surface area contributed by atoms with Crippen molar-refractivity contribution in [3.8, 4) is 0 Å². The number of fused-ring (bicyclic) bond motifs is 1. The van der Waals surface area contributed by atoms with Gasteiger partial charge in [-0.1, -0.05) is 6.92 Å². The third-order valence-corrected chi connectivity index (χ3v) is 3.60. The fourth-order valence-electron chi connectivity index (χ4n) is 2.40. The highest BCUT2D eigenvalue weighted by Gasteiger charge is 2.38. The lowest BCUT2D eigenvalue weighted by Crippen LogP contribution is -2.28. The molecule has 0 saturated heterocycles. The Morgan fingerprint density at radius 1 is 1.47 bits per heavy atom. The van der Waals surface area contributed by atoms with Gasteiger partial charge in [0, 0.05) is 18.0 Å². The standard InChI is InChI=1S/C12H15N3O2/c1-6-4-8(6)11-14-9-5-13-3-2-7(9)10(15-11)12(16)17/h6,8,13H,2-5H2,1H3,(H,16,17). The van der Waals surface area contributed by atoms with Crippen LogP contribution in [-0.2, 0) is 13.0 Å². The summed E-state index contributed by atoms with van der Waals surface area (Å²) >= 11 is 0. The second-order valence-corrected chi connectivity index (χ2v) is 4.91. The van der Waals surface area contributed by atoms with Gasteiger partial charge in [-0.25, -0.2) is 14.8 Å². The predicted octanol–water partition coefficient (Wildman–Crippen LogP) is 0.944. The second kappa shape index (κ2) is 3.77. The Morgan fingerprint density at radius 2 is 2.24 bits per heavy atom. The summed E-state index contributed by atoms with van der Waals surface area (Å²) in [6, 6.07) is 0. The zero-order valence-corrected chi connectivity index (χ0v) is 9.73. The molecule has 1 aliphatic heterocycles. The van der Waals surface area contributed by atoms with Crippen LogP contribution < -0.4 is 5.32 Å². The van der Waals surface area contributed by atoms with Crippen molar-refractivity contribution in [1.82, 2.24) is 15.3 Å². The second-order valence-electron chi connectivity index (χ2n) is 4.91. The molecule has 1 aromatic rings. The Labute approximate surface area is 99.3 Å². The first kappa shape index (κ1) is 10.7. The summed E-state index contributed by atoms with van der Waals surface area (Å²) < 4.78 is 0. The lowest BCUT2D eigenvalue weighted by atomic mass is 10.0. The molecule has 5 nitrogen and oxygen atoms in total. The Hall–Kier alpha value is -1.49. The summed E-state index contributed by atoms with van der Waals surface area (Å²) in [6.45, 7) is 3.61. The van der Waals surface area contributed by atoms with Crippen molar-refractivity contribution in [3.05, 3.63) is 22.8 Å². The number of nitrogens with zero attached hydrogens (tertiary/aromatic N) is 2. The van der Waals surface area contributed by atoms with Gasteiger partial charge < -0.3 is 10.4 Å². The average molecular weight is 233 g/mol. The van der Waals surface area contributed by atoms with E-state index in [1.54, 1.807) is 0 Å². The molecular weight excluding hydrogens is 218 g/mol. The van der Waals surface area contributed by atoms with Crippen LogP contribution in [0.5, 0.6) is 0 Å². The van der Waals surface area contributed by atoms with E-state index in [2.05, 4.69) is 22.2 Å². The molecule has 5 heteroatoms. The lowest BCUT2D eigenvalue weighted by molar-refractivity contribution is 0.0688. The lowest BCUT2D eigenvalue weighted by Gasteiger charge is -2.18. The molecular formula is C12H15N3O2. The Kier molecular flexibility index (Phi) is 2.36. The van der Waals surface area contributed by atoms with Gasteiger partial charge in [0.2, 0.25) is 0 Å². The van der Waals surface area contributed by atoms with Crippen LogP contribution in [0.3, 0.4) is 0 Å². The van der Waals surface area contributed by atoms with Crippen LogP contribution in [0.4, 0.5) is 0 Å². The van der Waals surface area contributed by atoms with Gasteiger partial charge in [-0.2, -0.15) is 0 Å². The number of hydrogen-bond acceptors (Lipinski definition) is 4. The van der Waals surface area contributed by atoms with Gasteiger partial charge >= 0.3 is 5.97 Å². The van der Waals surface area contributed by atoms with Gasteiger partial charge in [0.1, 0.15) is 5.82 Å². The maximum atomic E-state index is 11.2. The molecule has 0 aromatic carbocycles. The maximum absolute atomic E-state index is 11.2. The summed E-state index contributed by atoms with van der Waals surface area (Å²) in [6.07, 6.45) is 1.78. The van der Waals surface area contributed by atoms with Crippen LogP contribution in [0, 0.1) is 5.92 Å². The van der Waals surface area contributed by atoms with Gasteiger partial charge in [0.05, 0.1) is 5.69 Å². The van der Waals surface area contributed by atoms with Gasteiger partial charge in [-0.3, -0.25) is 0 Å². The number of carbonyl (C=O) groups is 1. The zero-order chi connectivity index (χ0) is 12.0. The fourth-order valence-corrected chi connectivity index (χ4v) is 2.40. The van der Waals surface area contributed by atoms with E-state index < -0.39 is 5.97 Å². The van der Waals surface area contributed by atoms with E-state index in [1.165, 1.54) is 0 Å². The molecule has 1 saturated carbocycles. The molecule has 90 valence electrons. The molecule has 0 spiro atoms. The molecule has 0 bridgehead atoms. The number of carboxylic acids is 1. The third kappa shape index (κ3) is 1.80. The van der Waals surface area contributed by atoms with E-state index in [0.717, 1.165) is 30.0 Å². The number of aromatic carboxylic acids is 1. The summed E-state index contributed by atoms with van der Waals surface area (Å²) in [4.78, 5) is 20.0. The molecule has 1 fully saturated rings. The highest BCUT2D eigenvalue weighted by molar-refractivity contribution is 5.87. The number of nitrogens with one attached hydrogen (secondary N) is 1. The molecule has 1 aromatic heterocycles. The van der Waals surface area contributed by atoms with E-state index in [9.17, 15) is 9.90 Å². The Bertz CT molecular complexity index is 487. The average Bonchev–Trinajstić information content (AvgIpc) is 3.05. The van der Waals surface area contributed by atoms with E-state index in [1.807, 2.05) is 0 Å². The topological polar surface area (TPSA) is 75.1 Å². The van der Waals surface area contributed by atoms with E-state index in [-0.39, 0.29) is 5.69 Å². The SMILES string of the molecule is CC1CC1c1nc2c(c(C(=O)O)n1)CCNC2. The van der Waals surface area contributed by atoms with Crippen molar-refractivity contribution in [2.24, 2.45) is 5.92 Å². The van der Waals surface area contributed by atoms with Crippen molar-refractivity contribution in [1.29, 1.82) is 0 Å². The van der Waals surface area contributed by atoms with Crippen molar-refractivity contribution in [3.63, 3.8) is 0 Å². The van der Waals surface area contributed by atoms with Gasteiger partial charge in [-0.15, -0.1) is 0 Å². The van der Waals surface area contributed by atoms with Gasteiger partial charge in [0.15, 0.2) is 5.69 Å². The summed E-state index contributed by atoms with van der Waals surface area (Å²) in [5.41, 5.74) is 1.90. The van der Waals surface area contributed by atoms with Crippen LogP contribution in [0.2, 0.25) is 0 Å². The smallest absolute Gasteiger partial charge is 0.354 e.